The summed E-state index contributed by atoms with van der Waals surface area (Å²) in [7, 11) is 0. The minimum absolute atomic E-state index is 0.485. The van der Waals surface area contributed by atoms with Crippen molar-refractivity contribution in [2.45, 2.75) is 45.6 Å². The van der Waals surface area contributed by atoms with Crippen molar-refractivity contribution < 1.29 is 0 Å². The highest BCUT2D eigenvalue weighted by atomic mass is 35.5. The molecule has 17 heavy (non-hydrogen) atoms. The molecule has 2 nitrogen and oxygen atoms in total. The summed E-state index contributed by atoms with van der Waals surface area (Å²) in [5.74, 6) is 0. The lowest BCUT2D eigenvalue weighted by atomic mass is 10.1. The van der Waals surface area contributed by atoms with E-state index < -0.39 is 0 Å². The van der Waals surface area contributed by atoms with E-state index in [2.05, 4.69) is 25.2 Å². The molecule has 1 atom stereocenters. The Kier molecular flexibility index (Phi) is 5.86. The molecule has 0 aliphatic heterocycles. The van der Waals surface area contributed by atoms with E-state index in [-0.39, 0.29) is 0 Å². The second kappa shape index (κ2) is 7.19. The van der Waals surface area contributed by atoms with Gasteiger partial charge in [0, 0.05) is 11.7 Å². The first-order chi connectivity index (χ1) is 8.21. The van der Waals surface area contributed by atoms with Crippen molar-refractivity contribution in [2.24, 2.45) is 0 Å². The monoisotopic (exact) mass is 250 g/mol. The minimum Gasteiger partial charge on any atom is -0.382 e. The molecule has 0 fully saturated rings. The Bertz CT molecular complexity index is 396. The molecule has 3 heteroatoms. The van der Waals surface area contributed by atoms with E-state index in [1.54, 1.807) is 6.07 Å². The number of unbranched alkanes of at least 4 members (excludes halogenated alkanes) is 1. The molecule has 0 heterocycles. The molecule has 0 saturated heterocycles. The predicted molar refractivity (Wildman–Crippen MR) is 73.4 cm³/mol. The molecule has 0 bridgehead atoms. The van der Waals surface area contributed by atoms with E-state index in [1.807, 2.05) is 12.1 Å². The van der Waals surface area contributed by atoms with Gasteiger partial charge in [0.15, 0.2) is 0 Å². The van der Waals surface area contributed by atoms with Gasteiger partial charge in [-0.1, -0.05) is 38.3 Å². The van der Waals surface area contributed by atoms with Crippen LogP contribution in [0.1, 0.15) is 45.1 Å². The number of nitrogens with one attached hydrogen (secondary N) is 1. The summed E-state index contributed by atoms with van der Waals surface area (Å²) < 4.78 is 0. The fraction of sp³-hybridized carbons (Fsp3) is 0.500. The number of anilines is 1. The molecular weight excluding hydrogens is 232 g/mol. The summed E-state index contributed by atoms with van der Waals surface area (Å²) in [6.45, 7) is 4.38. The lowest BCUT2D eigenvalue weighted by Gasteiger charge is -2.18. The maximum atomic E-state index is 8.80. The maximum Gasteiger partial charge on any atom is 0.101 e. The summed E-state index contributed by atoms with van der Waals surface area (Å²) in [4.78, 5) is 0. The number of halogens is 1. The van der Waals surface area contributed by atoms with Gasteiger partial charge in [-0.05, 0) is 31.0 Å². The van der Waals surface area contributed by atoms with Crippen molar-refractivity contribution >= 4 is 17.3 Å². The minimum atomic E-state index is 0.485. The van der Waals surface area contributed by atoms with E-state index in [4.69, 9.17) is 16.9 Å². The Labute approximate surface area is 109 Å². The fourth-order valence-electron chi connectivity index (χ4n) is 1.76. The molecule has 92 valence electrons. The zero-order chi connectivity index (χ0) is 12.7. The molecule has 1 unspecified atom stereocenters. The molecule has 0 aromatic heterocycles. The molecule has 0 amide bonds. The number of hydrogen-bond donors (Lipinski definition) is 1. The molecular formula is C14H19ClN2. The lowest BCUT2D eigenvalue weighted by molar-refractivity contribution is 0.593. The number of nitrogens with zero attached hydrogens (tertiary/aromatic N) is 1. The van der Waals surface area contributed by atoms with Crippen LogP contribution in [0.4, 0.5) is 5.69 Å². The van der Waals surface area contributed by atoms with Gasteiger partial charge in [-0.3, -0.25) is 0 Å². The van der Waals surface area contributed by atoms with Crippen LogP contribution in [0.2, 0.25) is 5.02 Å². The molecule has 0 aliphatic carbocycles. The zero-order valence-electron chi connectivity index (χ0n) is 10.5. The van der Waals surface area contributed by atoms with Gasteiger partial charge < -0.3 is 5.32 Å². The average Bonchev–Trinajstić information content (AvgIpc) is 2.34. The van der Waals surface area contributed by atoms with Crippen LogP contribution in [0.25, 0.3) is 0 Å². The fourth-order valence-corrected chi connectivity index (χ4v) is 1.98. The van der Waals surface area contributed by atoms with Crippen molar-refractivity contribution in [1.82, 2.24) is 0 Å². The topological polar surface area (TPSA) is 35.8 Å². The molecule has 1 N–H and O–H groups in total. The van der Waals surface area contributed by atoms with Crippen molar-refractivity contribution in [1.29, 1.82) is 5.26 Å². The van der Waals surface area contributed by atoms with Gasteiger partial charge in [-0.15, -0.1) is 0 Å². The SMILES string of the molecule is CCCCC(CC)Nc1ccc(C#N)c(Cl)c1. The number of nitriles is 1. The summed E-state index contributed by atoms with van der Waals surface area (Å²) in [5, 5.41) is 12.8. The van der Waals surface area contributed by atoms with Crippen LogP contribution < -0.4 is 5.32 Å². The van der Waals surface area contributed by atoms with Gasteiger partial charge in [-0.25, -0.2) is 0 Å². The zero-order valence-corrected chi connectivity index (χ0v) is 11.2. The Morgan fingerprint density at radius 3 is 2.71 bits per heavy atom. The Morgan fingerprint density at radius 1 is 1.41 bits per heavy atom. The van der Waals surface area contributed by atoms with Gasteiger partial charge in [0.25, 0.3) is 0 Å². The standard InChI is InChI=1S/C14H19ClN2/c1-3-5-6-12(4-2)17-13-8-7-11(10-16)14(15)9-13/h7-9,12,17H,3-6H2,1-2H3. The van der Waals surface area contributed by atoms with E-state index in [0.717, 1.165) is 12.1 Å². The third-order valence-corrected chi connectivity index (χ3v) is 3.17. The molecule has 0 spiro atoms. The molecule has 1 aromatic carbocycles. The highest BCUT2D eigenvalue weighted by molar-refractivity contribution is 6.32. The third kappa shape index (κ3) is 4.28. The maximum absolute atomic E-state index is 8.80. The number of rotatable bonds is 6. The molecule has 1 aromatic rings. The van der Waals surface area contributed by atoms with Crippen molar-refractivity contribution in [3.05, 3.63) is 28.8 Å². The molecule has 0 radical (unpaired) electrons. The van der Waals surface area contributed by atoms with Crippen LogP contribution in [0, 0.1) is 11.3 Å². The van der Waals surface area contributed by atoms with Crippen LogP contribution in [0.5, 0.6) is 0 Å². The largest absolute Gasteiger partial charge is 0.382 e. The molecule has 0 aliphatic rings. The first kappa shape index (κ1) is 13.9. The van der Waals surface area contributed by atoms with Crippen LogP contribution >= 0.6 is 11.6 Å². The summed E-state index contributed by atoms with van der Waals surface area (Å²) in [6, 6.07) is 8.05. The Balaban J connectivity index is 2.67. The van der Waals surface area contributed by atoms with Gasteiger partial charge in [0.1, 0.15) is 6.07 Å². The first-order valence-corrected chi connectivity index (χ1v) is 6.55. The first-order valence-electron chi connectivity index (χ1n) is 6.17. The Morgan fingerprint density at radius 2 is 2.18 bits per heavy atom. The molecule has 1 rings (SSSR count). The van der Waals surface area contributed by atoms with Crippen LogP contribution in [0.3, 0.4) is 0 Å². The van der Waals surface area contributed by atoms with Crippen molar-refractivity contribution in [2.75, 3.05) is 5.32 Å². The third-order valence-electron chi connectivity index (χ3n) is 2.86. The number of hydrogen-bond acceptors (Lipinski definition) is 2. The van der Waals surface area contributed by atoms with Crippen molar-refractivity contribution in [3.8, 4) is 6.07 Å². The van der Waals surface area contributed by atoms with Gasteiger partial charge >= 0.3 is 0 Å². The average molecular weight is 251 g/mol. The summed E-state index contributed by atoms with van der Waals surface area (Å²) >= 11 is 6.00. The lowest BCUT2D eigenvalue weighted by Crippen LogP contribution is -2.18. The highest BCUT2D eigenvalue weighted by Crippen LogP contribution is 2.22. The summed E-state index contributed by atoms with van der Waals surface area (Å²) in [5.41, 5.74) is 1.52. The quantitative estimate of drug-likeness (QED) is 0.801. The van der Waals surface area contributed by atoms with Gasteiger partial charge in [-0.2, -0.15) is 5.26 Å². The van der Waals surface area contributed by atoms with Crippen LogP contribution in [-0.2, 0) is 0 Å². The normalized spacial score (nSPS) is 11.9. The number of benzene rings is 1. The highest BCUT2D eigenvalue weighted by Gasteiger charge is 2.07. The van der Waals surface area contributed by atoms with Crippen LogP contribution in [0.15, 0.2) is 18.2 Å². The van der Waals surface area contributed by atoms with Crippen molar-refractivity contribution in [3.63, 3.8) is 0 Å². The van der Waals surface area contributed by atoms with Gasteiger partial charge in [0.2, 0.25) is 0 Å². The predicted octanol–water partition coefficient (Wildman–Crippen LogP) is 4.59. The van der Waals surface area contributed by atoms with E-state index >= 15 is 0 Å². The smallest absolute Gasteiger partial charge is 0.101 e. The Hall–Kier alpha value is -1.20. The molecule has 0 saturated carbocycles. The summed E-state index contributed by atoms with van der Waals surface area (Å²) in [6.07, 6.45) is 4.71. The van der Waals surface area contributed by atoms with E-state index in [9.17, 15) is 0 Å². The van der Waals surface area contributed by atoms with Gasteiger partial charge in [0.05, 0.1) is 10.6 Å². The second-order valence-corrected chi connectivity index (χ2v) is 4.61. The van der Waals surface area contributed by atoms with E-state index in [0.29, 0.717) is 16.6 Å². The van der Waals surface area contributed by atoms with E-state index in [1.165, 1.54) is 19.3 Å². The van der Waals surface area contributed by atoms with Crippen LogP contribution in [-0.4, -0.2) is 6.04 Å². The second-order valence-electron chi connectivity index (χ2n) is 4.20.